The SMILES string of the molecule is Cc1ccccc1CN(C(=O)CCCN1C(=O)c2ccccc2C1=O)C(C)C(=O)NC1CCCC1. The number of carbonyl (C=O) groups excluding carboxylic acids is 4. The number of aryl methyl sites for hydroxylation is 1. The number of imide groups is 1. The summed E-state index contributed by atoms with van der Waals surface area (Å²) in [6, 6.07) is 14.2. The molecule has 1 heterocycles. The second-order valence-corrected chi connectivity index (χ2v) is 9.53. The van der Waals surface area contributed by atoms with Crippen LogP contribution in [0.5, 0.6) is 0 Å². The summed E-state index contributed by atoms with van der Waals surface area (Å²) < 4.78 is 0. The minimum absolute atomic E-state index is 0.139. The zero-order valence-electron chi connectivity index (χ0n) is 20.5. The number of hydrogen-bond acceptors (Lipinski definition) is 4. The second kappa shape index (κ2) is 10.8. The molecule has 0 aromatic heterocycles. The minimum atomic E-state index is -0.623. The maximum absolute atomic E-state index is 13.4. The van der Waals surface area contributed by atoms with Crippen LogP contribution in [0.3, 0.4) is 0 Å². The number of benzene rings is 2. The molecule has 7 nitrogen and oxygen atoms in total. The van der Waals surface area contributed by atoms with Crippen LogP contribution in [0.15, 0.2) is 48.5 Å². The van der Waals surface area contributed by atoms with Crippen LogP contribution in [0.25, 0.3) is 0 Å². The van der Waals surface area contributed by atoms with Gasteiger partial charge in [0.2, 0.25) is 11.8 Å². The fourth-order valence-corrected chi connectivity index (χ4v) is 4.92. The van der Waals surface area contributed by atoms with E-state index in [2.05, 4.69) is 5.32 Å². The van der Waals surface area contributed by atoms with Gasteiger partial charge in [-0.15, -0.1) is 0 Å². The summed E-state index contributed by atoms with van der Waals surface area (Å²) in [5.41, 5.74) is 2.85. The highest BCUT2D eigenvalue weighted by atomic mass is 16.2. The van der Waals surface area contributed by atoms with Gasteiger partial charge >= 0.3 is 0 Å². The van der Waals surface area contributed by atoms with Crippen LogP contribution in [0.1, 0.15) is 77.3 Å². The van der Waals surface area contributed by atoms with Crippen molar-refractivity contribution in [2.24, 2.45) is 0 Å². The lowest BCUT2D eigenvalue weighted by atomic mass is 10.1. The van der Waals surface area contributed by atoms with Gasteiger partial charge in [-0.05, 0) is 56.4 Å². The third-order valence-electron chi connectivity index (χ3n) is 7.12. The molecule has 2 aliphatic rings. The van der Waals surface area contributed by atoms with E-state index in [-0.39, 0.29) is 42.6 Å². The molecular weight excluding hydrogens is 442 g/mol. The van der Waals surface area contributed by atoms with E-state index < -0.39 is 6.04 Å². The molecule has 2 aromatic rings. The fraction of sp³-hybridized carbons (Fsp3) is 0.429. The van der Waals surface area contributed by atoms with E-state index in [0.29, 0.717) is 24.1 Å². The molecular formula is C28H33N3O4. The van der Waals surface area contributed by atoms with Crippen molar-refractivity contribution in [1.29, 1.82) is 0 Å². The summed E-state index contributed by atoms with van der Waals surface area (Å²) in [4.78, 5) is 54.4. The van der Waals surface area contributed by atoms with Gasteiger partial charge in [-0.1, -0.05) is 49.2 Å². The average Bonchev–Trinajstić information content (AvgIpc) is 3.45. The average molecular weight is 476 g/mol. The molecule has 2 aromatic carbocycles. The van der Waals surface area contributed by atoms with E-state index in [1.165, 1.54) is 4.90 Å². The quantitative estimate of drug-likeness (QED) is 0.558. The van der Waals surface area contributed by atoms with E-state index in [9.17, 15) is 19.2 Å². The van der Waals surface area contributed by atoms with Gasteiger partial charge in [-0.25, -0.2) is 0 Å². The Labute approximate surface area is 206 Å². The van der Waals surface area contributed by atoms with Crippen LogP contribution in [0, 0.1) is 6.92 Å². The number of carbonyl (C=O) groups is 4. The Morgan fingerprint density at radius 3 is 2.23 bits per heavy atom. The van der Waals surface area contributed by atoms with Crippen LogP contribution >= 0.6 is 0 Å². The topological polar surface area (TPSA) is 86.8 Å². The molecule has 4 rings (SSSR count). The Bertz CT molecular complexity index is 1090. The van der Waals surface area contributed by atoms with Crippen molar-refractivity contribution in [2.45, 2.75) is 71.0 Å². The molecule has 1 aliphatic heterocycles. The summed E-state index contributed by atoms with van der Waals surface area (Å²) in [6.07, 6.45) is 4.66. The monoisotopic (exact) mass is 475 g/mol. The summed E-state index contributed by atoms with van der Waals surface area (Å²) in [5, 5.41) is 3.11. The van der Waals surface area contributed by atoms with Crippen LogP contribution < -0.4 is 5.32 Å². The Morgan fingerprint density at radius 2 is 1.60 bits per heavy atom. The molecule has 0 saturated heterocycles. The van der Waals surface area contributed by atoms with Crippen molar-refractivity contribution in [2.75, 3.05) is 6.54 Å². The van der Waals surface area contributed by atoms with Crippen LogP contribution in [-0.2, 0) is 16.1 Å². The number of rotatable bonds is 9. The molecule has 7 heteroatoms. The second-order valence-electron chi connectivity index (χ2n) is 9.53. The Hall–Kier alpha value is -3.48. The van der Waals surface area contributed by atoms with Gasteiger partial charge in [0.25, 0.3) is 11.8 Å². The lowest BCUT2D eigenvalue weighted by Gasteiger charge is -2.30. The lowest BCUT2D eigenvalue weighted by molar-refractivity contribution is -0.141. The molecule has 0 spiro atoms. The van der Waals surface area contributed by atoms with Crippen LogP contribution in [0.2, 0.25) is 0 Å². The number of nitrogens with one attached hydrogen (secondary N) is 1. The van der Waals surface area contributed by atoms with Gasteiger partial charge in [-0.2, -0.15) is 0 Å². The maximum atomic E-state index is 13.4. The zero-order valence-corrected chi connectivity index (χ0v) is 20.5. The highest BCUT2D eigenvalue weighted by Gasteiger charge is 2.35. The smallest absolute Gasteiger partial charge is 0.261 e. The largest absolute Gasteiger partial charge is 0.352 e. The third-order valence-corrected chi connectivity index (χ3v) is 7.12. The van der Waals surface area contributed by atoms with Gasteiger partial charge in [0.15, 0.2) is 0 Å². The molecule has 184 valence electrons. The molecule has 1 atom stereocenters. The molecule has 0 radical (unpaired) electrons. The van der Waals surface area contributed by atoms with E-state index in [1.807, 2.05) is 31.2 Å². The maximum Gasteiger partial charge on any atom is 0.261 e. The van der Waals surface area contributed by atoms with Gasteiger partial charge in [0, 0.05) is 25.6 Å². The molecule has 35 heavy (non-hydrogen) atoms. The van der Waals surface area contributed by atoms with Gasteiger partial charge in [0.05, 0.1) is 11.1 Å². The standard InChI is InChI=1S/C28H33N3O4/c1-19-10-3-4-11-21(19)18-31(20(2)26(33)29-22-12-5-6-13-22)25(32)16-9-17-30-27(34)23-14-7-8-15-24(23)28(30)35/h3-4,7-8,10-11,14-15,20,22H,5-6,9,12-13,16-18H2,1-2H3,(H,29,33). The van der Waals surface area contributed by atoms with Crippen LogP contribution in [-0.4, -0.2) is 52.1 Å². The third kappa shape index (κ3) is 5.45. The van der Waals surface area contributed by atoms with Crippen molar-refractivity contribution >= 4 is 23.6 Å². The van der Waals surface area contributed by atoms with Gasteiger partial charge in [-0.3, -0.25) is 24.1 Å². The van der Waals surface area contributed by atoms with Gasteiger partial charge < -0.3 is 10.2 Å². The first-order valence-electron chi connectivity index (χ1n) is 12.5. The lowest BCUT2D eigenvalue weighted by Crippen LogP contribution is -2.49. The van der Waals surface area contributed by atoms with Crippen molar-refractivity contribution in [3.8, 4) is 0 Å². The Kier molecular flexibility index (Phi) is 7.63. The fourth-order valence-electron chi connectivity index (χ4n) is 4.92. The highest BCUT2D eigenvalue weighted by Crippen LogP contribution is 2.23. The highest BCUT2D eigenvalue weighted by molar-refractivity contribution is 6.21. The predicted octanol–water partition coefficient (Wildman–Crippen LogP) is 3.85. The number of fused-ring (bicyclic) bond motifs is 1. The first kappa shape index (κ1) is 24.6. The van der Waals surface area contributed by atoms with Crippen LogP contribution in [0.4, 0.5) is 0 Å². The minimum Gasteiger partial charge on any atom is -0.352 e. The van der Waals surface area contributed by atoms with E-state index in [1.54, 1.807) is 36.1 Å². The molecule has 4 amide bonds. The first-order chi connectivity index (χ1) is 16.9. The summed E-state index contributed by atoms with van der Waals surface area (Å²) in [6.45, 7) is 4.25. The predicted molar refractivity (Wildman–Crippen MR) is 133 cm³/mol. The zero-order chi connectivity index (χ0) is 24.9. The molecule has 1 fully saturated rings. The first-order valence-corrected chi connectivity index (χ1v) is 12.5. The normalized spacial score (nSPS) is 16.3. The summed E-state index contributed by atoms with van der Waals surface area (Å²) >= 11 is 0. The van der Waals surface area contributed by atoms with Crippen molar-refractivity contribution in [1.82, 2.24) is 15.1 Å². The Balaban J connectivity index is 1.42. The van der Waals surface area contributed by atoms with Crippen molar-refractivity contribution in [3.05, 3.63) is 70.8 Å². The summed E-state index contributed by atoms with van der Waals surface area (Å²) in [5.74, 6) is -0.948. The molecule has 1 aliphatic carbocycles. The molecule has 1 saturated carbocycles. The van der Waals surface area contributed by atoms with Gasteiger partial charge in [0.1, 0.15) is 6.04 Å². The number of amides is 4. The molecule has 0 bridgehead atoms. The molecule has 1 unspecified atom stereocenters. The summed E-state index contributed by atoms with van der Waals surface area (Å²) in [7, 11) is 0. The number of nitrogens with zero attached hydrogens (tertiary/aromatic N) is 2. The Morgan fingerprint density at radius 1 is 1.00 bits per heavy atom. The van der Waals surface area contributed by atoms with Crippen molar-refractivity contribution in [3.63, 3.8) is 0 Å². The van der Waals surface area contributed by atoms with E-state index in [0.717, 1.165) is 36.8 Å². The van der Waals surface area contributed by atoms with E-state index >= 15 is 0 Å². The van der Waals surface area contributed by atoms with E-state index in [4.69, 9.17) is 0 Å². The van der Waals surface area contributed by atoms with Crippen molar-refractivity contribution < 1.29 is 19.2 Å². The molecule has 1 N–H and O–H groups in total. The number of hydrogen-bond donors (Lipinski definition) is 1.